The van der Waals surface area contributed by atoms with Crippen LogP contribution in [-0.4, -0.2) is 30.2 Å². The molecule has 4 aromatic rings. The number of nitrogens with zero attached hydrogens (tertiary/aromatic N) is 1. The van der Waals surface area contributed by atoms with Gasteiger partial charge in [0.25, 0.3) is 0 Å². The van der Waals surface area contributed by atoms with Gasteiger partial charge in [-0.1, -0.05) is 6.07 Å². The first kappa shape index (κ1) is 19.6. The Morgan fingerprint density at radius 1 is 1.10 bits per heavy atom. The Labute approximate surface area is 173 Å². The van der Waals surface area contributed by atoms with E-state index in [0.29, 0.717) is 12.0 Å². The molecule has 2 aromatic heterocycles. The van der Waals surface area contributed by atoms with Crippen LogP contribution in [0.25, 0.3) is 22.2 Å². The second-order valence-electron chi connectivity index (χ2n) is 7.04. The molecule has 6 heteroatoms. The summed E-state index contributed by atoms with van der Waals surface area (Å²) >= 11 is 0. The molecule has 0 atom stereocenters. The number of methoxy groups -OCH3 is 2. The molecule has 0 aliphatic rings. The third-order valence-corrected chi connectivity index (χ3v) is 5.12. The Kier molecular flexibility index (Phi) is 5.23. The van der Waals surface area contributed by atoms with Crippen LogP contribution in [0.3, 0.4) is 0 Å². The van der Waals surface area contributed by atoms with Crippen molar-refractivity contribution in [3.05, 3.63) is 82.9 Å². The van der Waals surface area contributed by atoms with Gasteiger partial charge in [-0.2, -0.15) is 0 Å². The summed E-state index contributed by atoms with van der Waals surface area (Å²) < 4.78 is 24.0. The minimum atomic E-state index is -0.477. The quantitative estimate of drug-likeness (QED) is 0.472. The Morgan fingerprint density at radius 3 is 2.67 bits per heavy atom. The van der Waals surface area contributed by atoms with E-state index >= 15 is 0 Å². The molecule has 2 heterocycles. The van der Waals surface area contributed by atoms with E-state index in [1.54, 1.807) is 32.2 Å². The largest absolute Gasteiger partial charge is 0.497 e. The average molecular weight is 404 g/mol. The molecule has 30 heavy (non-hydrogen) atoms. The molecule has 0 fully saturated rings. The van der Waals surface area contributed by atoms with Crippen LogP contribution in [0, 0.1) is 12.7 Å². The van der Waals surface area contributed by atoms with E-state index in [9.17, 15) is 9.18 Å². The van der Waals surface area contributed by atoms with E-state index in [2.05, 4.69) is 9.97 Å². The molecule has 0 bridgehead atoms. The summed E-state index contributed by atoms with van der Waals surface area (Å²) in [6.07, 6.45) is 0.489. The van der Waals surface area contributed by atoms with E-state index in [1.165, 1.54) is 13.2 Å². The number of rotatable bonds is 5. The summed E-state index contributed by atoms with van der Waals surface area (Å²) in [5.41, 5.74) is 5.24. The van der Waals surface area contributed by atoms with Crippen molar-refractivity contribution in [2.75, 3.05) is 14.2 Å². The highest BCUT2D eigenvalue weighted by Gasteiger charge is 2.17. The van der Waals surface area contributed by atoms with Crippen LogP contribution in [0.5, 0.6) is 5.75 Å². The number of hydrogen-bond donors (Lipinski definition) is 1. The Morgan fingerprint density at radius 2 is 1.93 bits per heavy atom. The molecule has 0 spiro atoms. The number of aryl methyl sites for hydroxylation is 1. The molecule has 0 radical (unpaired) electrons. The number of nitrogens with one attached hydrogen (secondary N) is 1. The van der Waals surface area contributed by atoms with Crippen LogP contribution >= 0.6 is 0 Å². The van der Waals surface area contributed by atoms with Crippen molar-refractivity contribution in [3.8, 4) is 17.0 Å². The molecule has 2 aromatic carbocycles. The van der Waals surface area contributed by atoms with Gasteiger partial charge in [0.05, 0.1) is 19.9 Å². The number of carbonyl (C=O) groups is 1. The molecular formula is C24H21FN2O3. The van der Waals surface area contributed by atoms with E-state index in [1.807, 2.05) is 30.3 Å². The molecule has 152 valence electrons. The number of aromatic nitrogens is 2. The lowest BCUT2D eigenvalue weighted by Crippen LogP contribution is -2.06. The van der Waals surface area contributed by atoms with Gasteiger partial charge in [-0.25, -0.2) is 14.2 Å². The number of carbonyl (C=O) groups excluding carboxylic acids is 1. The number of H-pyrrole nitrogens is 1. The number of halogens is 1. The van der Waals surface area contributed by atoms with Gasteiger partial charge < -0.3 is 14.5 Å². The summed E-state index contributed by atoms with van der Waals surface area (Å²) in [7, 11) is 2.95. The topological polar surface area (TPSA) is 64.2 Å². The minimum Gasteiger partial charge on any atom is -0.497 e. The van der Waals surface area contributed by atoms with Gasteiger partial charge in [-0.15, -0.1) is 0 Å². The van der Waals surface area contributed by atoms with Crippen molar-refractivity contribution >= 4 is 16.9 Å². The molecule has 0 saturated carbocycles. The first-order chi connectivity index (χ1) is 14.5. The van der Waals surface area contributed by atoms with E-state index in [-0.39, 0.29) is 11.5 Å². The van der Waals surface area contributed by atoms with Gasteiger partial charge in [0.15, 0.2) is 0 Å². The Bertz CT molecular complexity index is 1250. The highest BCUT2D eigenvalue weighted by molar-refractivity contribution is 5.92. The molecule has 4 rings (SSSR count). The highest BCUT2D eigenvalue weighted by Crippen LogP contribution is 2.34. The second-order valence-corrected chi connectivity index (χ2v) is 7.04. The molecule has 0 aliphatic carbocycles. The summed E-state index contributed by atoms with van der Waals surface area (Å²) in [4.78, 5) is 19.8. The van der Waals surface area contributed by atoms with Crippen LogP contribution in [0.4, 0.5) is 4.39 Å². The fourth-order valence-corrected chi connectivity index (χ4v) is 3.57. The predicted molar refractivity (Wildman–Crippen MR) is 113 cm³/mol. The van der Waals surface area contributed by atoms with Crippen molar-refractivity contribution in [1.82, 2.24) is 9.97 Å². The number of pyridine rings is 1. The SMILES string of the molecule is COC(=O)c1cccc(Cc2c(-c3ccc(F)c(C)c3)[nH]c3cc(OC)ccc23)n1. The maximum absolute atomic E-state index is 13.8. The average Bonchev–Trinajstić information content (AvgIpc) is 3.12. The zero-order chi connectivity index (χ0) is 21.3. The van der Waals surface area contributed by atoms with Crippen molar-refractivity contribution in [3.63, 3.8) is 0 Å². The van der Waals surface area contributed by atoms with Crippen molar-refractivity contribution in [2.45, 2.75) is 13.3 Å². The molecule has 5 nitrogen and oxygen atoms in total. The third kappa shape index (κ3) is 3.64. The van der Waals surface area contributed by atoms with Gasteiger partial charge >= 0.3 is 5.97 Å². The van der Waals surface area contributed by atoms with Gasteiger partial charge in [0.2, 0.25) is 0 Å². The van der Waals surface area contributed by atoms with E-state index in [4.69, 9.17) is 9.47 Å². The van der Waals surface area contributed by atoms with Gasteiger partial charge in [0, 0.05) is 29.1 Å². The standard InChI is InChI=1S/C24H21FN2O3/c1-14-11-15(7-10-20(14)25)23-19(18-9-8-17(29-2)13-22(18)27-23)12-16-5-4-6-21(26-16)24(28)30-3/h4-11,13,27H,12H2,1-3H3. The molecule has 0 aliphatic heterocycles. The lowest BCUT2D eigenvalue weighted by Gasteiger charge is -2.08. The zero-order valence-corrected chi connectivity index (χ0v) is 17.0. The number of ether oxygens (including phenoxy) is 2. The monoisotopic (exact) mass is 404 g/mol. The smallest absolute Gasteiger partial charge is 0.356 e. The molecule has 0 amide bonds. The molecule has 0 saturated heterocycles. The maximum Gasteiger partial charge on any atom is 0.356 e. The first-order valence-corrected chi connectivity index (χ1v) is 9.49. The van der Waals surface area contributed by atoms with Crippen molar-refractivity contribution in [1.29, 1.82) is 0 Å². The Hall–Kier alpha value is -3.67. The zero-order valence-electron chi connectivity index (χ0n) is 17.0. The van der Waals surface area contributed by atoms with E-state index < -0.39 is 5.97 Å². The van der Waals surface area contributed by atoms with Crippen LogP contribution in [0.15, 0.2) is 54.6 Å². The number of hydrogen-bond acceptors (Lipinski definition) is 4. The van der Waals surface area contributed by atoms with E-state index in [0.717, 1.165) is 39.2 Å². The molecule has 0 unspecified atom stereocenters. The third-order valence-electron chi connectivity index (χ3n) is 5.12. The Balaban J connectivity index is 1.86. The predicted octanol–water partition coefficient (Wildman–Crippen LogP) is 5.06. The lowest BCUT2D eigenvalue weighted by atomic mass is 9.99. The van der Waals surface area contributed by atoms with Gasteiger partial charge in [-0.05, 0) is 66.1 Å². The molecule has 1 N–H and O–H groups in total. The summed E-state index contributed by atoms with van der Waals surface area (Å²) in [6.45, 7) is 1.74. The maximum atomic E-state index is 13.8. The van der Waals surface area contributed by atoms with Crippen molar-refractivity contribution < 1.29 is 18.7 Å². The summed E-state index contributed by atoms with van der Waals surface area (Å²) in [5, 5.41) is 1.01. The normalized spacial score (nSPS) is 10.9. The second kappa shape index (κ2) is 7.99. The van der Waals surface area contributed by atoms with Gasteiger partial charge in [0.1, 0.15) is 17.3 Å². The van der Waals surface area contributed by atoms with Crippen LogP contribution in [-0.2, 0) is 11.2 Å². The summed E-state index contributed by atoms with van der Waals surface area (Å²) in [5.74, 6) is 0.0170. The number of benzene rings is 2. The minimum absolute atomic E-state index is 0.245. The lowest BCUT2D eigenvalue weighted by molar-refractivity contribution is 0.0593. The fourth-order valence-electron chi connectivity index (χ4n) is 3.57. The highest BCUT2D eigenvalue weighted by atomic mass is 19.1. The van der Waals surface area contributed by atoms with Crippen LogP contribution < -0.4 is 4.74 Å². The number of esters is 1. The van der Waals surface area contributed by atoms with Crippen molar-refractivity contribution in [2.24, 2.45) is 0 Å². The van der Waals surface area contributed by atoms with Gasteiger partial charge in [-0.3, -0.25) is 0 Å². The summed E-state index contributed by atoms with van der Waals surface area (Å²) in [6, 6.07) is 16.1. The fraction of sp³-hybridized carbons (Fsp3) is 0.167. The molecular weight excluding hydrogens is 383 g/mol. The van der Waals surface area contributed by atoms with Crippen LogP contribution in [0.1, 0.15) is 27.3 Å². The number of aromatic amines is 1. The first-order valence-electron chi connectivity index (χ1n) is 9.49. The number of fused-ring (bicyclic) bond motifs is 1. The van der Waals surface area contributed by atoms with Crippen LogP contribution in [0.2, 0.25) is 0 Å².